The van der Waals surface area contributed by atoms with E-state index in [-0.39, 0.29) is 11.6 Å². The molecule has 168 valence electrons. The molecule has 0 bridgehead atoms. The maximum absolute atomic E-state index is 12.6. The molecule has 3 aromatic rings. The van der Waals surface area contributed by atoms with Crippen LogP contribution in [0, 0.1) is 30.9 Å². The van der Waals surface area contributed by atoms with Crippen molar-refractivity contribution in [2.75, 3.05) is 7.11 Å². The number of benzene rings is 2. The molecule has 1 aromatic heterocycles. The number of amidine groups is 1. The van der Waals surface area contributed by atoms with E-state index in [0.29, 0.717) is 27.2 Å². The summed E-state index contributed by atoms with van der Waals surface area (Å²) in [5, 5.41) is 14.4. The monoisotopic (exact) mass is 462 g/mol. The third-order valence-corrected chi connectivity index (χ3v) is 6.17. The predicted octanol–water partition coefficient (Wildman–Crippen LogP) is 5.21. The molecular weight excluding hydrogens is 440 g/mol. The van der Waals surface area contributed by atoms with Gasteiger partial charge in [0.2, 0.25) is 0 Å². The minimum Gasteiger partial charge on any atom is -0.494 e. The number of hydrogen-bond donors (Lipinski definition) is 1. The molecule has 9 heteroatoms. The summed E-state index contributed by atoms with van der Waals surface area (Å²) in [5.41, 5.74) is 5.03. The fraction of sp³-hybridized carbons (Fsp3) is 0.167. The fourth-order valence-corrected chi connectivity index (χ4v) is 4.52. The molecule has 1 amide bonds. The van der Waals surface area contributed by atoms with Gasteiger partial charge in [-0.1, -0.05) is 12.1 Å². The second-order valence-electron chi connectivity index (χ2n) is 7.60. The van der Waals surface area contributed by atoms with Gasteiger partial charge in [-0.2, -0.15) is 0 Å². The van der Waals surface area contributed by atoms with Gasteiger partial charge in [-0.25, -0.2) is 4.99 Å². The zero-order valence-electron chi connectivity index (χ0n) is 18.6. The van der Waals surface area contributed by atoms with Crippen LogP contribution in [0.3, 0.4) is 0 Å². The molecule has 2 aromatic carbocycles. The van der Waals surface area contributed by atoms with Gasteiger partial charge in [-0.3, -0.25) is 14.9 Å². The minimum absolute atomic E-state index is 0.0260. The van der Waals surface area contributed by atoms with Crippen LogP contribution >= 0.6 is 11.8 Å². The zero-order chi connectivity index (χ0) is 23.7. The number of hydrogen-bond acceptors (Lipinski definition) is 6. The first-order valence-electron chi connectivity index (χ1n) is 10.1. The van der Waals surface area contributed by atoms with E-state index in [9.17, 15) is 14.9 Å². The second kappa shape index (κ2) is 8.95. The summed E-state index contributed by atoms with van der Waals surface area (Å²) in [7, 11) is 1.58. The number of aryl methyl sites for hydroxylation is 2. The highest BCUT2D eigenvalue weighted by Crippen LogP contribution is 2.34. The van der Waals surface area contributed by atoms with E-state index in [2.05, 4.69) is 10.3 Å². The van der Waals surface area contributed by atoms with Gasteiger partial charge in [0.25, 0.3) is 11.6 Å². The normalized spacial score (nSPS) is 15.8. The molecule has 33 heavy (non-hydrogen) atoms. The van der Waals surface area contributed by atoms with E-state index in [0.717, 1.165) is 22.5 Å². The number of non-ortho nitro benzene ring substituents is 1. The first kappa shape index (κ1) is 22.3. The average molecular weight is 463 g/mol. The maximum atomic E-state index is 12.6. The fourth-order valence-electron chi connectivity index (χ4n) is 3.70. The van der Waals surface area contributed by atoms with Crippen molar-refractivity contribution in [3.05, 3.63) is 86.1 Å². The number of nitrogens with zero attached hydrogens (tertiary/aromatic N) is 3. The number of nitro groups is 1. The van der Waals surface area contributed by atoms with E-state index in [1.165, 1.54) is 23.9 Å². The topological polar surface area (TPSA) is 98.8 Å². The third kappa shape index (κ3) is 4.54. The number of nitro benzene ring substituents is 1. The van der Waals surface area contributed by atoms with Gasteiger partial charge in [0.15, 0.2) is 5.17 Å². The zero-order valence-corrected chi connectivity index (χ0v) is 19.4. The standard InChI is InChI=1S/C24H22N4O4S/c1-14-8-9-21(32-4)20(10-14)25-24-26-23(29)22(33-24)12-17-11-15(2)27(16(17)3)18-6-5-7-19(13-18)28(30)31/h5-13H,1-4H3,(H,25,26,29)/b22-12-. The summed E-state index contributed by atoms with van der Waals surface area (Å²) in [4.78, 5) is 28.4. The smallest absolute Gasteiger partial charge is 0.271 e. The Labute approximate surface area is 195 Å². The molecule has 0 atom stereocenters. The van der Waals surface area contributed by atoms with Crippen molar-refractivity contribution in [3.8, 4) is 11.4 Å². The number of carbonyl (C=O) groups excluding carboxylic acids is 1. The summed E-state index contributed by atoms with van der Waals surface area (Å²) in [6, 6.07) is 14.1. The molecule has 0 spiro atoms. The van der Waals surface area contributed by atoms with Crippen molar-refractivity contribution in [2.24, 2.45) is 4.99 Å². The van der Waals surface area contributed by atoms with Gasteiger partial charge in [0, 0.05) is 23.5 Å². The van der Waals surface area contributed by atoms with E-state index in [4.69, 9.17) is 4.74 Å². The van der Waals surface area contributed by atoms with Crippen LogP contribution in [-0.2, 0) is 4.79 Å². The van der Waals surface area contributed by atoms with Gasteiger partial charge in [0.1, 0.15) is 11.4 Å². The van der Waals surface area contributed by atoms with Crippen molar-refractivity contribution in [1.29, 1.82) is 0 Å². The van der Waals surface area contributed by atoms with Crippen LogP contribution in [0.2, 0.25) is 0 Å². The quantitative estimate of drug-likeness (QED) is 0.319. The first-order chi connectivity index (χ1) is 15.8. The predicted molar refractivity (Wildman–Crippen MR) is 130 cm³/mol. The van der Waals surface area contributed by atoms with Crippen molar-refractivity contribution in [2.45, 2.75) is 20.8 Å². The molecule has 1 aliphatic rings. The number of rotatable bonds is 5. The number of ether oxygens (including phenoxy) is 1. The van der Waals surface area contributed by atoms with Crippen LogP contribution in [0.25, 0.3) is 11.8 Å². The molecule has 1 aliphatic heterocycles. The van der Waals surface area contributed by atoms with Crippen molar-refractivity contribution >= 4 is 40.3 Å². The van der Waals surface area contributed by atoms with Gasteiger partial charge >= 0.3 is 0 Å². The summed E-state index contributed by atoms with van der Waals surface area (Å²) in [6.45, 7) is 5.81. The van der Waals surface area contributed by atoms with Crippen LogP contribution in [0.1, 0.15) is 22.5 Å². The first-order valence-corrected chi connectivity index (χ1v) is 11.0. The molecule has 0 unspecified atom stereocenters. The lowest BCUT2D eigenvalue weighted by Crippen LogP contribution is -2.19. The summed E-state index contributed by atoms with van der Waals surface area (Å²) in [5.74, 6) is 0.395. The van der Waals surface area contributed by atoms with Crippen LogP contribution in [0.4, 0.5) is 11.4 Å². The Morgan fingerprint density at radius 3 is 2.67 bits per heavy atom. The minimum atomic E-state index is -0.413. The highest BCUT2D eigenvalue weighted by atomic mass is 32.2. The maximum Gasteiger partial charge on any atom is 0.271 e. The molecule has 8 nitrogen and oxygen atoms in total. The molecule has 0 saturated carbocycles. The lowest BCUT2D eigenvalue weighted by atomic mass is 10.2. The number of thioether (sulfide) groups is 1. The van der Waals surface area contributed by atoms with Gasteiger partial charge in [0.05, 0.1) is 22.6 Å². The van der Waals surface area contributed by atoms with Crippen LogP contribution in [-0.4, -0.2) is 27.7 Å². The molecule has 2 heterocycles. The molecule has 1 saturated heterocycles. The number of aliphatic imine (C=N–C) groups is 1. The summed E-state index contributed by atoms with van der Waals surface area (Å²) in [6.07, 6.45) is 1.81. The highest BCUT2D eigenvalue weighted by molar-refractivity contribution is 8.18. The SMILES string of the molecule is COc1ccc(C)cc1N=C1NC(=O)/C(=C/c2cc(C)n(-c3cccc([N+](=O)[O-])c3)c2C)S1. The van der Waals surface area contributed by atoms with Gasteiger partial charge < -0.3 is 14.6 Å². The Morgan fingerprint density at radius 1 is 1.15 bits per heavy atom. The molecule has 4 rings (SSSR count). The van der Waals surface area contributed by atoms with Crippen LogP contribution < -0.4 is 10.1 Å². The van der Waals surface area contributed by atoms with Gasteiger partial charge in [-0.15, -0.1) is 0 Å². The Balaban J connectivity index is 1.66. The Hall–Kier alpha value is -3.85. The van der Waals surface area contributed by atoms with E-state index in [1.54, 1.807) is 13.2 Å². The number of nitrogens with one attached hydrogen (secondary N) is 1. The van der Waals surface area contributed by atoms with E-state index >= 15 is 0 Å². The average Bonchev–Trinajstić information content (AvgIpc) is 3.26. The van der Waals surface area contributed by atoms with Gasteiger partial charge in [-0.05, 0) is 74.0 Å². The van der Waals surface area contributed by atoms with Crippen molar-refractivity contribution < 1.29 is 14.5 Å². The molecule has 1 fully saturated rings. The Kier molecular flexibility index (Phi) is 6.06. The van der Waals surface area contributed by atoms with Crippen LogP contribution in [0.15, 0.2) is 58.4 Å². The second-order valence-corrected chi connectivity index (χ2v) is 8.63. The number of amides is 1. The van der Waals surface area contributed by atoms with Crippen molar-refractivity contribution in [3.63, 3.8) is 0 Å². The third-order valence-electron chi connectivity index (χ3n) is 5.26. The Bertz CT molecular complexity index is 1340. The summed E-state index contributed by atoms with van der Waals surface area (Å²) < 4.78 is 7.30. The number of aromatic nitrogens is 1. The molecule has 0 aliphatic carbocycles. The number of methoxy groups -OCH3 is 1. The van der Waals surface area contributed by atoms with E-state index < -0.39 is 4.92 Å². The number of carbonyl (C=O) groups is 1. The van der Waals surface area contributed by atoms with E-state index in [1.807, 2.05) is 61.7 Å². The molecular formula is C24H22N4O4S. The molecule has 1 N–H and O–H groups in total. The largest absolute Gasteiger partial charge is 0.494 e. The molecule has 0 radical (unpaired) electrons. The summed E-state index contributed by atoms with van der Waals surface area (Å²) >= 11 is 1.26. The van der Waals surface area contributed by atoms with Crippen molar-refractivity contribution in [1.82, 2.24) is 9.88 Å². The Morgan fingerprint density at radius 2 is 1.94 bits per heavy atom. The lowest BCUT2D eigenvalue weighted by Gasteiger charge is -2.09. The lowest BCUT2D eigenvalue weighted by molar-refractivity contribution is -0.384. The highest BCUT2D eigenvalue weighted by Gasteiger charge is 2.25. The van der Waals surface area contributed by atoms with Crippen LogP contribution in [0.5, 0.6) is 5.75 Å².